The first-order chi connectivity index (χ1) is 15.9. The van der Waals surface area contributed by atoms with Crippen molar-refractivity contribution < 1.29 is 24.2 Å². The molecule has 0 fully saturated rings. The van der Waals surface area contributed by atoms with Gasteiger partial charge in [-0.25, -0.2) is 9.59 Å². The Labute approximate surface area is 193 Å². The van der Waals surface area contributed by atoms with E-state index in [4.69, 9.17) is 4.74 Å². The van der Waals surface area contributed by atoms with E-state index >= 15 is 0 Å². The van der Waals surface area contributed by atoms with Gasteiger partial charge in [0.15, 0.2) is 0 Å². The number of fused-ring (bicyclic) bond motifs is 3. The van der Waals surface area contributed by atoms with Crippen molar-refractivity contribution in [1.82, 2.24) is 10.6 Å². The van der Waals surface area contributed by atoms with E-state index in [0.717, 1.165) is 22.3 Å². The number of hydrogen-bond acceptors (Lipinski definition) is 4. The number of carbonyl (C=O) groups excluding carboxylic acids is 2. The van der Waals surface area contributed by atoms with Crippen molar-refractivity contribution in [2.75, 3.05) is 13.2 Å². The summed E-state index contributed by atoms with van der Waals surface area (Å²) in [6, 6.07) is 15.2. The van der Waals surface area contributed by atoms with Crippen molar-refractivity contribution in [2.45, 2.75) is 38.6 Å². The molecule has 2 unspecified atom stereocenters. The van der Waals surface area contributed by atoms with E-state index in [2.05, 4.69) is 46.7 Å². The van der Waals surface area contributed by atoms with Gasteiger partial charge in [0.2, 0.25) is 5.91 Å². The second kappa shape index (κ2) is 11.2. The summed E-state index contributed by atoms with van der Waals surface area (Å²) in [5.41, 5.74) is 4.59. The highest BCUT2D eigenvalue weighted by molar-refractivity contribution is 5.85. The summed E-state index contributed by atoms with van der Waals surface area (Å²) in [7, 11) is 0. The van der Waals surface area contributed by atoms with Gasteiger partial charge < -0.3 is 20.5 Å². The highest BCUT2D eigenvalue weighted by Gasteiger charge is 2.29. The third-order valence-electron chi connectivity index (χ3n) is 5.74. The molecule has 0 aliphatic heterocycles. The molecular weight excluding hydrogens is 420 g/mol. The smallest absolute Gasteiger partial charge is 0.407 e. The SMILES string of the molecule is CC#CCC(NC(=O)C(C)CCNC(=O)OCC1c2ccccc2-c2ccccc21)C(=O)O. The molecule has 0 radical (unpaired) electrons. The van der Waals surface area contributed by atoms with E-state index in [1.165, 1.54) is 0 Å². The maximum atomic E-state index is 12.3. The summed E-state index contributed by atoms with van der Waals surface area (Å²) in [5.74, 6) is 3.26. The Morgan fingerprint density at radius 1 is 1.06 bits per heavy atom. The Kier molecular flexibility index (Phi) is 8.09. The summed E-state index contributed by atoms with van der Waals surface area (Å²) < 4.78 is 5.48. The summed E-state index contributed by atoms with van der Waals surface area (Å²) in [4.78, 5) is 35.7. The van der Waals surface area contributed by atoms with Crippen LogP contribution in [0, 0.1) is 17.8 Å². The molecule has 1 aliphatic carbocycles. The highest BCUT2D eigenvalue weighted by atomic mass is 16.5. The average Bonchev–Trinajstić information content (AvgIpc) is 3.13. The van der Waals surface area contributed by atoms with Gasteiger partial charge in [0.05, 0.1) is 0 Å². The number of alkyl carbamates (subject to hydrolysis) is 1. The lowest BCUT2D eigenvalue weighted by atomic mass is 9.98. The minimum absolute atomic E-state index is 0.0213. The molecule has 33 heavy (non-hydrogen) atoms. The van der Waals surface area contributed by atoms with Crippen molar-refractivity contribution >= 4 is 18.0 Å². The number of amides is 2. The summed E-state index contributed by atoms with van der Waals surface area (Å²) in [6.07, 6.45) is -0.157. The summed E-state index contributed by atoms with van der Waals surface area (Å²) in [5, 5.41) is 14.4. The second-order valence-electron chi connectivity index (χ2n) is 7.97. The zero-order valence-electron chi connectivity index (χ0n) is 18.8. The van der Waals surface area contributed by atoms with Crippen LogP contribution >= 0.6 is 0 Å². The Hall–Kier alpha value is -3.79. The average molecular weight is 449 g/mol. The van der Waals surface area contributed by atoms with Crippen LogP contribution in [0.2, 0.25) is 0 Å². The number of carboxylic acids is 1. The van der Waals surface area contributed by atoms with Gasteiger partial charge >= 0.3 is 12.1 Å². The van der Waals surface area contributed by atoms with Gasteiger partial charge in [0.1, 0.15) is 12.6 Å². The topological polar surface area (TPSA) is 105 Å². The monoisotopic (exact) mass is 448 g/mol. The van der Waals surface area contributed by atoms with Gasteiger partial charge in [-0.05, 0) is 35.6 Å². The third kappa shape index (κ3) is 5.92. The molecule has 0 heterocycles. The van der Waals surface area contributed by atoms with Gasteiger partial charge in [-0.1, -0.05) is 55.5 Å². The molecule has 7 nitrogen and oxygen atoms in total. The number of ether oxygens (including phenoxy) is 1. The fourth-order valence-electron chi connectivity index (χ4n) is 3.89. The molecule has 0 saturated heterocycles. The van der Waals surface area contributed by atoms with Crippen LogP contribution in [0.15, 0.2) is 48.5 Å². The molecule has 0 aromatic heterocycles. The quantitative estimate of drug-likeness (QED) is 0.509. The van der Waals surface area contributed by atoms with Crippen molar-refractivity contribution in [3.63, 3.8) is 0 Å². The lowest BCUT2D eigenvalue weighted by molar-refractivity contribution is -0.142. The molecule has 1 aliphatic rings. The predicted molar refractivity (Wildman–Crippen MR) is 124 cm³/mol. The van der Waals surface area contributed by atoms with Crippen LogP contribution in [0.3, 0.4) is 0 Å². The number of carboxylic acid groups (broad SMARTS) is 1. The molecule has 0 saturated carbocycles. The maximum Gasteiger partial charge on any atom is 0.407 e. The zero-order chi connectivity index (χ0) is 23.8. The van der Waals surface area contributed by atoms with Gasteiger partial charge in [-0.15, -0.1) is 11.8 Å². The molecule has 172 valence electrons. The standard InChI is InChI=1S/C26H28N2O5/c1-3-4-13-23(25(30)31)28-24(29)17(2)14-15-27-26(32)33-16-22-20-11-7-5-9-18(20)19-10-6-8-12-21(19)22/h5-12,17,22-23H,13-16H2,1-2H3,(H,27,32)(H,28,29)(H,30,31). The van der Waals surface area contributed by atoms with Crippen LogP contribution in [0.25, 0.3) is 11.1 Å². The molecule has 3 rings (SSSR count). The number of aliphatic carboxylic acids is 1. The van der Waals surface area contributed by atoms with Crippen molar-refractivity contribution in [3.8, 4) is 23.0 Å². The molecule has 2 aromatic carbocycles. The summed E-state index contributed by atoms with van der Waals surface area (Å²) in [6.45, 7) is 3.74. The lowest BCUT2D eigenvalue weighted by Crippen LogP contribution is -2.43. The van der Waals surface area contributed by atoms with Gasteiger partial charge in [0, 0.05) is 24.8 Å². The van der Waals surface area contributed by atoms with Gasteiger partial charge in [-0.3, -0.25) is 4.79 Å². The second-order valence-corrected chi connectivity index (χ2v) is 7.97. The molecule has 2 atom stereocenters. The molecule has 3 N–H and O–H groups in total. The molecule has 2 aromatic rings. The maximum absolute atomic E-state index is 12.3. The van der Waals surface area contributed by atoms with Crippen molar-refractivity contribution in [2.24, 2.45) is 5.92 Å². The lowest BCUT2D eigenvalue weighted by Gasteiger charge is -2.17. The Bertz CT molecular complexity index is 1040. The van der Waals surface area contributed by atoms with E-state index in [1.807, 2.05) is 24.3 Å². The Morgan fingerprint density at radius 3 is 2.24 bits per heavy atom. The van der Waals surface area contributed by atoms with E-state index in [1.54, 1.807) is 13.8 Å². The van der Waals surface area contributed by atoms with E-state index in [9.17, 15) is 19.5 Å². The number of benzene rings is 2. The highest BCUT2D eigenvalue weighted by Crippen LogP contribution is 2.44. The normalized spacial score (nSPS) is 13.5. The van der Waals surface area contributed by atoms with Crippen LogP contribution in [-0.4, -0.2) is 42.3 Å². The zero-order valence-corrected chi connectivity index (χ0v) is 18.8. The van der Waals surface area contributed by atoms with Crippen LogP contribution in [0.5, 0.6) is 0 Å². The van der Waals surface area contributed by atoms with Crippen LogP contribution in [0.1, 0.15) is 43.7 Å². The molecule has 0 bridgehead atoms. The number of rotatable bonds is 9. The van der Waals surface area contributed by atoms with Crippen LogP contribution < -0.4 is 10.6 Å². The molecule has 2 amide bonds. The van der Waals surface area contributed by atoms with Crippen LogP contribution in [-0.2, 0) is 14.3 Å². The van der Waals surface area contributed by atoms with Gasteiger partial charge in [-0.2, -0.15) is 0 Å². The molecule has 7 heteroatoms. The summed E-state index contributed by atoms with van der Waals surface area (Å²) >= 11 is 0. The number of hydrogen-bond donors (Lipinski definition) is 3. The Balaban J connectivity index is 1.46. The Morgan fingerprint density at radius 2 is 1.67 bits per heavy atom. The largest absolute Gasteiger partial charge is 0.480 e. The first-order valence-corrected chi connectivity index (χ1v) is 10.9. The molecule has 0 spiro atoms. The van der Waals surface area contributed by atoms with E-state index in [0.29, 0.717) is 6.42 Å². The predicted octanol–water partition coefficient (Wildman–Crippen LogP) is 3.53. The minimum Gasteiger partial charge on any atom is -0.480 e. The minimum atomic E-state index is -1.13. The third-order valence-corrected chi connectivity index (χ3v) is 5.74. The number of carbonyl (C=O) groups is 3. The first-order valence-electron chi connectivity index (χ1n) is 10.9. The van der Waals surface area contributed by atoms with Crippen LogP contribution in [0.4, 0.5) is 4.79 Å². The fraction of sp³-hybridized carbons (Fsp3) is 0.346. The van der Waals surface area contributed by atoms with E-state index in [-0.39, 0.29) is 25.5 Å². The first kappa shape index (κ1) is 23.9. The number of nitrogens with one attached hydrogen (secondary N) is 2. The fourth-order valence-corrected chi connectivity index (χ4v) is 3.89. The molecular formula is C26H28N2O5. The van der Waals surface area contributed by atoms with Gasteiger partial charge in [0.25, 0.3) is 0 Å². The van der Waals surface area contributed by atoms with E-state index < -0.39 is 29.9 Å². The van der Waals surface area contributed by atoms with Crippen molar-refractivity contribution in [1.29, 1.82) is 0 Å². The van der Waals surface area contributed by atoms with Crippen molar-refractivity contribution in [3.05, 3.63) is 59.7 Å².